The van der Waals surface area contributed by atoms with Crippen LogP contribution in [0.5, 0.6) is 0 Å². The molecule has 1 N–H and O–H groups in total. The van der Waals surface area contributed by atoms with Crippen LogP contribution < -0.4 is 4.72 Å². The fourth-order valence-electron chi connectivity index (χ4n) is 1.49. The maximum absolute atomic E-state index is 13.1. The summed E-state index contributed by atoms with van der Waals surface area (Å²) in [6.45, 7) is 0. The Labute approximate surface area is 133 Å². The molecule has 0 aliphatic rings. The van der Waals surface area contributed by atoms with Gasteiger partial charge in [-0.25, -0.2) is 12.8 Å². The van der Waals surface area contributed by atoms with Crippen molar-refractivity contribution in [1.82, 2.24) is 0 Å². The molecule has 0 radical (unpaired) electrons. The molecule has 20 heavy (non-hydrogen) atoms. The molecule has 0 aliphatic heterocycles. The Morgan fingerprint density at radius 2 is 1.65 bits per heavy atom. The van der Waals surface area contributed by atoms with Crippen molar-refractivity contribution < 1.29 is 12.8 Å². The number of rotatable bonds is 3. The van der Waals surface area contributed by atoms with Gasteiger partial charge in [-0.05, 0) is 40.2 Å². The molecule has 0 fully saturated rings. The summed E-state index contributed by atoms with van der Waals surface area (Å²) in [7, 11) is -3.89. The molecule has 0 saturated carbocycles. The zero-order chi connectivity index (χ0) is 14.9. The van der Waals surface area contributed by atoms with E-state index in [0.29, 0.717) is 4.47 Å². The van der Waals surface area contributed by atoms with E-state index in [1.807, 2.05) is 0 Å². The molecule has 0 unspecified atom stereocenters. The first-order valence-corrected chi connectivity index (χ1v) is 8.26. The molecule has 8 heteroatoms. The normalized spacial score (nSPS) is 11.4. The fourth-order valence-corrected chi connectivity index (χ4v) is 4.26. The van der Waals surface area contributed by atoms with Crippen LogP contribution in [0, 0.1) is 5.82 Å². The minimum absolute atomic E-state index is 0.0245. The van der Waals surface area contributed by atoms with Crippen molar-refractivity contribution in [1.29, 1.82) is 0 Å². The summed E-state index contributed by atoms with van der Waals surface area (Å²) in [6, 6.07) is 8.21. The number of anilines is 1. The lowest BCUT2D eigenvalue weighted by molar-refractivity contribution is 0.600. The highest BCUT2D eigenvalue weighted by atomic mass is 79.9. The molecule has 2 aromatic carbocycles. The summed E-state index contributed by atoms with van der Waals surface area (Å²) in [4.78, 5) is 0.0245. The van der Waals surface area contributed by atoms with Crippen molar-refractivity contribution in [2.75, 3.05) is 4.72 Å². The smallest absolute Gasteiger partial charge is 0.263 e. The average molecular weight is 399 g/mol. The molecule has 0 aliphatic carbocycles. The van der Waals surface area contributed by atoms with Crippen molar-refractivity contribution in [2.45, 2.75) is 4.90 Å². The molecule has 0 saturated heterocycles. The number of halogens is 4. The summed E-state index contributed by atoms with van der Waals surface area (Å²) in [5.41, 5.74) is -0.0644. The van der Waals surface area contributed by atoms with Gasteiger partial charge in [-0.15, -0.1) is 0 Å². The second-order valence-corrected chi connectivity index (χ2v) is 7.10. The van der Waals surface area contributed by atoms with Crippen molar-refractivity contribution >= 4 is 54.8 Å². The monoisotopic (exact) mass is 397 g/mol. The zero-order valence-corrected chi connectivity index (χ0v) is 13.6. The Morgan fingerprint density at radius 1 is 1.10 bits per heavy atom. The second-order valence-electron chi connectivity index (χ2n) is 3.78. The van der Waals surface area contributed by atoms with Gasteiger partial charge in [-0.1, -0.05) is 35.3 Å². The molecule has 0 bridgehead atoms. The van der Waals surface area contributed by atoms with Crippen LogP contribution in [0.2, 0.25) is 10.0 Å². The predicted octanol–water partition coefficient (Wildman–Crippen LogP) is 4.70. The van der Waals surface area contributed by atoms with Crippen LogP contribution in [-0.4, -0.2) is 8.42 Å². The van der Waals surface area contributed by atoms with Gasteiger partial charge in [-0.3, -0.25) is 4.72 Å². The third-order valence-corrected chi connectivity index (χ3v) is 5.33. The second kappa shape index (κ2) is 5.89. The number of sulfonamides is 1. The zero-order valence-electron chi connectivity index (χ0n) is 9.70. The summed E-state index contributed by atoms with van der Waals surface area (Å²) in [5.74, 6) is -0.649. The summed E-state index contributed by atoms with van der Waals surface area (Å²) in [6.07, 6.45) is 0. The lowest BCUT2D eigenvalue weighted by atomic mass is 10.3. The SMILES string of the molecule is O=S(=O)(Nc1c(Cl)cc(F)cc1Cl)c1ccccc1Br. The first-order chi connectivity index (χ1) is 9.31. The van der Waals surface area contributed by atoms with Crippen molar-refractivity contribution in [3.05, 3.63) is 56.7 Å². The standard InChI is InChI=1S/C12H7BrCl2FNO2S/c13-8-3-1-2-4-11(8)20(18,19)17-12-9(14)5-7(16)6-10(12)15/h1-6,17H. The maximum atomic E-state index is 13.1. The Morgan fingerprint density at radius 3 is 2.20 bits per heavy atom. The number of benzene rings is 2. The van der Waals surface area contributed by atoms with Gasteiger partial charge in [-0.2, -0.15) is 0 Å². The molecule has 0 aromatic heterocycles. The molecule has 3 nitrogen and oxygen atoms in total. The quantitative estimate of drug-likeness (QED) is 0.814. The Kier molecular flexibility index (Phi) is 4.59. The van der Waals surface area contributed by atoms with E-state index < -0.39 is 15.8 Å². The summed E-state index contributed by atoms with van der Waals surface area (Å²) in [5, 5.41) is -0.240. The van der Waals surface area contributed by atoms with Crippen molar-refractivity contribution in [3.63, 3.8) is 0 Å². The van der Waals surface area contributed by atoms with E-state index in [1.165, 1.54) is 6.07 Å². The van der Waals surface area contributed by atoms with Crippen LogP contribution in [0.1, 0.15) is 0 Å². The van der Waals surface area contributed by atoms with Gasteiger partial charge in [0.15, 0.2) is 0 Å². The van der Waals surface area contributed by atoms with Crippen LogP contribution >= 0.6 is 39.1 Å². The fraction of sp³-hybridized carbons (Fsp3) is 0. The highest BCUT2D eigenvalue weighted by molar-refractivity contribution is 9.10. The van der Waals surface area contributed by atoms with Crippen LogP contribution in [-0.2, 0) is 10.0 Å². The molecule has 106 valence electrons. The van der Waals surface area contributed by atoms with Gasteiger partial charge in [0, 0.05) is 4.47 Å². The molecule has 2 rings (SSSR count). The van der Waals surface area contributed by atoms with Gasteiger partial charge in [0.05, 0.1) is 15.7 Å². The minimum Gasteiger partial charge on any atom is -0.277 e. The summed E-state index contributed by atoms with van der Waals surface area (Å²) >= 11 is 14.8. The minimum atomic E-state index is -3.89. The van der Waals surface area contributed by atoms with Crippen LogP contribution in [0.3, 0.4) is 0 Å². The molecule has 0 atom stereocenters. The van der Waals surface area contributed by atoms with E-state index in [9.17, 15) is 12.8 Å². The highest BCUT2D eigenvalue weighted by Crippen LogP contribution is 2.34. The molecular formula is C12H7BrCl2FNO2S. The predicted molar refractivity (Wildman–Crippen MR) is 81.4 cm³/mol. The van der Waals surface area contributed by atoms with Gasteiger partial charge < -0.3 is 0 Å². The maximum Gasteiger partial charge on any atom is 0.263 e. The Balaban J connectivity index is 2.47. The number of nitrogens with one attached hydrogen (secondary N) is 1. The van der Waals surface area contributed by atoms with E-state index in [4.69, 9.17) is 23.2 Å². The van der Waals surface area contributed by atoms with Crippen LogP contribution in [0.25, 0.3) is 0 Å². The van der Waals surface area contributed by atoms with E-state index in [1.54, 1.807) is 18.2 Å². The van der Waals surface area contributed by atoms with Crippen molar-refractivity contribution in [2.24, 2.45) is 0 Å². The van der Waals surface area contributed by atoms with E-state index >= 15 is 0 Å². The largest absolute Gasteiger partial charge is 0.277 e. The first kappa shape index (κ1) is 15.6. The Hall–Kier alpha value is -0.820. The van der Waals surface area contributed by atoms with Gasteiger partial charge in [0.2, 0.25) is 0 Å². The first-order valence-electron chi connectivity index (χ1n) is 5.23. The molecule has 0 spiro atoms. The van der Waals surface area contributed by atoms with E-state index in [2.05, 4.69) is 20.7 Å². The molecule has 0 amide bonds. The molecule has 2 aromatic rings. The molecular weight excluding hydrogens is 392 g/mol. The third kappa shape index (κ3) is 3.25. The average Bonchev–Trinajstić information content (AvgIpc) is 2.34. The Bertz CT molecular complexity index is 745. The van der Waals surface area contributed by atoms with E-state index in [0.717, 1.165) is 12.1 Å². The van der Waals surface area contributed by atoms with Crippen LogP contribution in [0.15, 0.2) is 45.8 Å². The van der Waals surface area contributed by atoms with Gasteiger partial charge >= 0.3 is 0 Å². The van der Waals surface area contributed by atoms with E-state index in [-0.39, 0.29) is 20.6 Å². The van der Waals surface area contributed by atoms with Gasteiger partial charge in [0.25, 0.3) is 10.0 Å². The van der Waals surface area contributed by atoms with Gasteiger partial charge in [0.1, 0.15) is 10.7 Å². The third-order valence-electron chi connectivity index (χ3n) is 2.37. The van der Waals surface area contributed by atoms with Crippen molar-refractivity contribution in [3.8, 4) is 0 Å². The lowest BCUT2D eigenvalue weighted by Gasteiger charge is -2.12. The highest BCUT2D eigenvalue weighted by Gasteiger charge is 2.20. The van der Waals surface area contributed by atoms with Crippen LogP contribution in [0.4, 0.5) is 10.1 Å². The number of hydrogen-bond acceptors (Lipinski definition) is 2. The molecule has 0 heterocycles. The topological polar surface area (TPSA) is 46.2 Å². The number of hydrogen-bond donors (Lipinski definition) is 1. The lowest BCUT2D eigenvalue weighted by Crippen LogP contribution is -2.14. The summed E-state index contributed by atoms with van der Waals surface area (Å²) < 4.78 is 40.2.